The van der Waals surface area contributed by atoms with Gasteiger partial charge in [-0.15, -0.1) is 0 Å². The molecule has 134 valence electrons. The van der Waals surface area contributed by atoms with Crippen molar-refractivity contribution >= 4 is 15.9 Å². The topological polar surface area (TPSA) is 128 Å². The molecule has 0 spiro atoms. The molecule has 0 unspecified atom stereocenters. The molecule has 0 atom stereocenters. The minimum atomic E-state index is -3.77. The van der Waals surface area contributed by atoms with Gasteiger partial charge in [0.25, 0.3) is 5.91 Å². The Hall–Kier alpha value is -2.26. The maximum absolute atomic E-state index is 12.1. The first kappa shape index (κ1) is 17.6. The van der Waals surface area contributed by atoms with Crippen molar-refractivity contribution in [3.8, 4) is 0 Å². The lowest BCUT2D eigenvalue weighted by Crippen LogP contribution is -2.23. The zero-order valence-corrected chi connectivity index (χ0v) is 14.5. The van der Waals surface area contributed by atoms with Crippen LogP contribution in [-0.4, -0.2) is 24.5 Å². The Morgan fingerprint density at radius 3 is 2.52 bits per heavy atom. The molecule has 1 fully saturated rings. The highest BCUT2D eigenvalue weighted by atomic mass is 32.2. The molecule has 25 heavy (non-hydrogen) atoms. The highest BCUT2D eigenvalue weighted by Crippen LogP contribution is 2.30. The van der Waals surface area contributed by atoms with E-state index in [4.69, 9.17) is 9.66 Å². The summed E-state index contributed by atoms with van der Waals surface area (Å²) in [5.41, 5.74) is 0.319. The molecular formula is C16H20N4O4S. The molecule has 1 aromatic heterocycles. The van der Waals surface area contributed by atoms with E-state index in [9.17, 15) is 13.2 Å². The normalized spacial score (nSPS) is 15.9. The Labute approximate surface area is 145 Å². The number of rotatable bonds is 5. The van der Waals surface area contributed by atoms with Crippen LogP contribution in [0.3, 0.4) is 0 Å². The van der Waals surface area contributed by atoms with Crippen molar-refractivity contribution in [3.05, 3.63) is 41.5 Å². The number of nitrogens with two attached hydrogens (primary N) is 1. The van der Waals surface area contributed by atoms with E-state index in [0.29, 0.717) is 23.2 Å². The van der Waals surface area contributed by atoms with Crippen LogP contribution < -0.4 is 10.5 Å². The molecule has 0 saturated heterocycles. The third-order valence-electron chi connectivity index (χ3n) is 4.30. The number of primary sulfonamides is 1. The number of nitrogens with one attached hydrogen (secondary N) is 1. The van der Waals surface area contributed by atoms with Crippen LogP contribution in [0.15, 0.2) is 33.7 Å². The van der Waals surface area contributed by atoms with Gasteiger partial charge in [0, 0.05) is 11.5 Å². The number of aromatic nitrogens is 2. The van der Waals surface area contributed by atoms with E-state index < -0.39 is 10.0 Å². The molecule has 3 N–H and O–H groups in total. The largest absolute Gasteiger partial charge is 0.343 e. The van der Waals surface area contributed by atoms with Gasteiger partial charge < -0.3 is 9.84 Å². The molecular weight excluding hydrogens is 344 g/mol. The number of hydrogen-bond acceptors (Lipinski definition) is 6. The molecule has 2 aromatic rings. The quantitative estimate of drug-likeness (QED) is 0.831. The van der Waals surface area contributed by atoms with Crippen molar-refractivity contribution in [2.45, 2.75) is 49.5 Å². The monoisotopic (exact) mass is 364 g/mol. The molecule has 0 radical (unpaired) electrons. The first-order chi connectivity index (χ1) is 11.9. The first-order valence-electron chi connectivity index (χ1n) is 8.17. The van der Waals surface area contributed by atoms with Crippen molar-refractivity contribution < 1.29 is 17.7 Å². The predicted octanol–water partition coefficient (Wildman–Crippen LogP) is 1.69. The van der Waals surface area contributed by atoms with Gasteiger partial charge in [-0.05, 0) is 37.1 Å². The van der Waals surface area contributed by atoms with Gasteiger partial charge >= 0.3 is 0 Å². The van der Waals surface area contributed by atoms with Crippen molar-refractivity contribution in [1.82, 2.24) is 15.5 Å². The number of carbonyl (C=O) groups is 1. The van der Waals surface area contributed by atoms with Gasteiger partial charge in [-0.3, -0.25) is 4.79 Å². The van der Waals surface area contributed by atoms with Crippen molar-refractivity contribution in [2.75, 3.05) is 0 Å². The SMILES string of the molecule is NS(=O)(=O)c1ccc(C(=O)NCc2nc(C3CCCCC3)no2)cc1. The summed E-state index contributed by atoms with van der Waals surface area (Å²) in [5.74, 6) is 1.04. The number of sulfonamides is 1. The Morgan fingerprint density at radius 2 is 1.88 bits per heavy atom. The number of benzene rings is 1. The molecule has 0 bridgehead atoms. The molecule has 1 saturated carbocycles. The van der Waals surface area contributed by atoms with Gasteiger partial charge in [0.1, 0.15) is 0 Å². The van der Waals surface area contributed by atoms with Crippen LogP contribution in [-0.2, 0) is 16.6 Å². The fourth-order valence-corrected chi connectivity index (χ4v) is 3.44. The summed E-state index contributed by atoms with van der Waals surface area (Å²) < 4.78 is 27.6. The molecule has 1 aliphatic carbocycles. The number of amides is 1. The molecule has 3 rings (SSSR count). The average molecular weight is 364 g/mol. The molecule has 9 heteroatoms. The minimum absolute atomic E-state index is 0.0434. The lowest BCUT2D eigenvalue weighted by molar-refractivity contribution is 0.0946. The van der Waals surface area contributed by atoms with E-state index >= 15 is 0 Å². The van der Waals surface area contributed by atoms with Crippen LogP contribution in [0.2, 0.25) is 0 Å². The highest BCUT2D eigenvalue weighted by molar-refractivity contribution is 7.89. The van der Waals surface area contributed by atoms with E-state index in [1.807, 2.05) is 0 Å². The van der Waals surface area contributed by atoms with E-state index in [2.05, 4.69) is 15.5 Å². The summed E-state index contributed by atoms with van der Waals surface area (Å²) >= 11 is 0. The van der Waals surface area contributed by atoms with Crippen LogP contribution in [0.25, 0.3) is 0 Å². The summed E-state index contributed by atoms with van der Waals surface area (Å²) in [6, 6.07) is 5.38. The molecule has 1 aromatic carbocycles. The Morgan fingerprint density at radius 1 is 1.20 bits per heavy atom. The molecule has 1 heterocycles. The van der Waals surface area contributed by atoms with Crippen molar-refractivity contribution in [2.24, 2.45) is 5.14 Å². The maximum Gasteiger partial charge on any atom is 0.251 e. The van der Waals surface area contributed by atoms with E-state index in [0.717, 1.165) is 12.8 Å². The fraction of sp³-hybridized carbons (Fsp3) is 0.438. The Balaban J connectivity index is 1.58. The molecule has 1 amide bonds. The zero-order chi connectivity index (χ0) is 17.9. The third-order valence-corrected chi connectivity index (χ3v) is 5.23. The van der Waals surface area contributed by atoms with E-state index in [1.165, 1.54) is 43.5 Å². The first-order valence-corrected chi connectivity index (χ1v) is 9.71. The average Bonchev–Trinajstić information content (AvgIpc) is 3.09. The van der Waals surface area contributed by atoms with Gasteiger partial charge in [0.2, 0.25) is 15.9 Å². The summed E-state index contributed by atoms with van der Waals surface area (Å²) in [6.07, 6.45) is 5.75. The van der Waals surface area contributed by atoms with Gasteiger partial charge in [0.15, 0.2) is 5.82 Å². The zero-order valence-electron chi connectivity index (χ0n) is 13.6. The number of hydrogen-bond donors (Lipinski definition) is 2. The van der Waals surface area contributed by atoms with Crippen LogP contribution in [0.4, 0.5) is 0 Å². The molecule has 0 aliphatic heterocycles. The number of carbonyl (C=O) groups excluding carboxylic acids is 1. The Kier molecular flexibility index (Phi) is 5.14. The maximum atomic E-state index is 12.1. The minimum Gasteiger partial charge on any atom is -0.343 e. The summed E-state index contributed by atoms with van der Waals surface area (Å²) in [5, 5.41) is 11.7. The lowest BCUT2D eigenvalue weighted by atomic mass is 9.89. The van der Waals surface area contributed by atoms with Crippen LogP contribution in [0.5, 0.6) is 0 Å². The smallest absolute Gasteiger partial charge is 0.251 e. The summed E-state index contributed by atoms with van der Waals surface area (Å²) in [7, 11) is -3.77. The second kappa shape index (κ2) is 7.32. The van der Waals surface area contributed by atoms with Crippen LogP contribution in [0.1, 0.15) is 60.1 Å². The molecule has 8 nitrogen and oxygen atoms in total. The van der Waals surface area contributed by atoms with Crippen LogP contribution in [0, 0.1) is 0 Å². The van der Waals surface area contributed by atoms with Crippen LogP contribution >= 0.6 is 0 Å². The summed E-state index contributed by atoms with van der Waals surface area (Å²) in [6.45, 7) is 0.121. The number of nitrogens with zero attached hydrogens (tertiary/aromatic N) is 2. The standard InChI is InChI=1S/C16H20N4O4S/c17-25(22,23)13-8-6-12(7-9-13)16(21)18-10-14-19-15(20-24-14)11-4-2-1-3-5-11/h6-9,11H,1-5,10H2,(H,18,21)(H2,17,22,23). The van der Waals surface area contributed by atoms with E-state index in [1.54, 1.807) is 0 Å². The molecule has 1 aliphatic rings. The second-order valence-corrected chi connectivity index (χ2v) is 7.69. The highest BCUT2D eigenvalue weighted by Gasteiger charge is 2.21. The van der Waals surface area contributed by atoms with Gasteiger partial charge in [-0.2, -0.15) is 4.98 Å². The van der Waals surface area contributed by atoms with Crippen molar-refractivity contribution in [3.63, 3.8) is 0 Å². The second-order valence-electron chi connectivity index (χ2n) is 6.13. The predicted molar refractivity (Wildman–Crippen MR) is 89.1 cm³/mol. The van der Waals surface area contributed by atoms with E-state index in [-0.39, 0.29) is 17.3 Å². The van der Waals surface area contributed by atoms with Gasteiger partial charge in [-0.25, -0.2) is 13.6 Å². The summed E-state index contributed by atoms with van der Waals surface area (Å²) in [4.78, 5) is 16.4. The lowest BCUT2D eigenvalue weighted by Gasteiger charge is -2.17. The fourth-order valence-electron chi connectivity index (χ4n) is 2.92. The Bertz CT molecular complexity index is 839. The van der Waals surface area contributed by atoms with Gasteiger partial charge in [0.05, 0.1) is 11.4 Å². The van der Waals surface area contributed by atoms with Crippen molar-refractivity contribution in [1.29, 1.82) is 0 Å². The van der Waals surface area contributed by atoms with Gasteiger partial charge in [-0.1, -0.05) is 24.4 Å². The third kappa shape index (κ3) is 4.43.